The first kappa shape index (κ1) is 22.6. The Balaban J connectivity index is 1.37. The van der Waals surface area contributed by atoms with Gasteiger partial charge in [0.05, 0.1) is 22.0 Å². The van der Waals surface area contributed by atoms with Crippen LogP contribution < -0.4 is 10.1 Å². The lowest BCUT2D eigenvalue weighted by Gasteiger charge is -2.26. The van der Waals surface area contributed by atoms with E-state index >= 15 is 0 Å². The second-order valence-electron chi connectivity index (χ2n) is 7.72. The molecule has 6 nitrogen and oxygen atoms in total. The molecule has 1 saturated heterocycles. The molecule has 1 heterocycles. The molecule has 8 heteroatoms. The van der Waals surface area contributed by atoms with Crippen LogP contribution in [0.2, 0.25) is 5.02 Å². The maximum absolute atomic E-state index is 12.9. The average molecular weight is 473 g/mol. The molecule has 0 bridgehead atoms. The highest BCUT2D eigenvalue weighted by Gasteiger charge is 2.27. The molecule has 0 atom stereocenters. The van der Waals surface area contributed by atoms with Crippen molar-refractivity contribution in [3.63, 3.8) is 0 Å². The van der Waals surface area contributed by atoms with Crippen LogP contribution in [0.25, 0.3) is 10.8 Å². The molecule has 1 aliphatic rings. The van der Waals surface area contributed by atoms with E-state index in [0.717, 1.165) is 30.0 Å². The molecule has 0 saturated carbocycles. The number of amides is 1. The standard InChI is InChI=1S/C24H25ClN2O4S/c25-23-11-10-21(32(29,30)27-13-4-1-5-14-27)17-22(23)24(28)26-12-15-31-20-9-8-18-6-2-3-7-19(18)16-20/h2-3,6-11,16-17H,1,4-5,12-15H2,(H,26,28). The normalized spacial score (nSPS) is 14.9. The number of ether oxygens (including phenoxy) is 1. The second-order valence-corrected chi connectivity index (χ2v) is 10.1. The van der Waals surface area contributed by atoms with Crippen LogP contribution in [0.4, 0.5) is 0 Å². The maximum Gasteiger partial charge on any atom is 0.252 e. The number of hydrogen-bond donors (Lipinski definition) is 1. The lowest BCUT2D eigenvalue weighted by molar-refractivity contribution is 0.0947. The summed E-state index contributed by atoms with van der Waals surface area (Å²) in [5.41, 5.74) is 0.135. The third-order valence-corrected chi connectivity index (χ3v) is 7.74. The van der Waals surface area contributed by atoms with Crippen LogP contribution in [0.3, 0.4) is 0 Å². The second kappa shape index (κ2) is 9.90. The number of carbonyl (C=O) groups excluding carboxylic acids is 1. The summed E-state index contributed by atoms with van der Waals surface area (Å²) in [4.78, 5) is 12.7. The zero-order valence-electron chi connectivity index (χ0n) is 17.6. The number of nitrogens with zero attached hydrogens (tertiary/aromatic N) is 1. The zero-order chi connectivity index (χ0) is 22.6. The molecule has 1 aliphatic heterocycles. The van der Waals surface area contributed by atoms with E-state index in [-0.39, 0.29) is 28.6 Å². The van der Waals surface area contributed by atoms with Crippen molar-refractivity contribution in [3.8, 4) is 5.75 Å². The van der Waals surface area contributed by atoms with E-state index < -0.39 is 15.9 Å². The van der Waals surface area contributed by atoms with Gasteiger partial charge >= 0.3 is 0 Å². The molecule has 0 aliphatic carbocycles. The van der Waals surface area contributed by atoms with Gasteiger partial charge in [-0.05, 0) is 53.9 Å². The molecule has 3 aromatic carbocycles. The van der Waals surface area contributed by atoms with E-state index in [1.54, 1.807) is 0 Å². The summed E-state index contributed by atoms with van der Waals surface area (Å²) in [5, 5.41) is 5.16. The summed E-state index contributed by atoms with van der Waals surface area (Å²) in [6.45, 7) is 1.52. The molecule has 1 amide bonds. The van der Waals surface area contributed by atoms with Crippen LogP contribution >= 0.6 is 11.6 Å². The molecule has 0 aromatic heterocycles. The highest BCUT2D eigenvalue weighted by molar-refractivity contribution is 7.89. The molecule has 1 fully saturated rings. The number of nitrogens with one attached hydrogen (secondary N) is 1. The molecule has 32 heavy (non-hydrogen) atoms. The third kappa shape index (κ3) is 5.06. The van der Waals surface area contributed by atoms with E-state index in [2.05, 4.69) is 5.32 Å². The van der Waals surface area contributed by atoms with Gasteiger partial charge in [-0.25, -0.2) is 8.42 Å². The molecule has 0 unspecified atom stereocenters. The summed E-state index contributed by atoms with van der Waals surface area (Å²) < 4.78 is 33.0. The van der Waals surface area contributed by atoms with Crippen molar-refractivity contribution in [1.82, 2.24) is 9.62 Å². The van der Waals surface area contributed by atoms with E-state index in [4.69, 9.17) is 16.3 Å². The van der Waals surface area contributed by atoms with Gasteiger partial charge in [0.15, 0.2) is 0 Å². The number of rotatable bonds is 7. The topological polar surface area (TPSA) is 75.7 Å². The molecule has 3 aromatic rings. The van der Waals surface area contributed by atoms with Gasteiger partial charge in [-0.15, -0.1) is 0 Å². The molecular weight excluding hydrogens is 448 g/mol. The Kier molecular flexibility index (Phi) is 6.98. The minimum atomic E-state index is -3.64. The Morgan fingerprint density at radius 2 is 1.72 bits per heavy atom. The van der Waals surface area contributed by atoms with Gasteiger partial charge in [0, 0.05) is 13.1 Å². The van der Waals surface area contributed by atoms with E-state index in [0.29, 0.717) is 18.8 Å². The van der Waals surface area contributed by atoms with E-state index in [9.17, 15) is 13.2 Å². The zero-order valence-corrected chi connectivity index (χ0v) is 19.2. The van der Waals surface area contributed by atoms with Crippen molar-refractivity contribution >= 4 is 38.3 Å². The van der Waals surface area contributed by atoms with Crippen LogP contribution in [-0.2, 0) is 10.0 Å². The van der Waals surface area contributed by atoms with Crippen molar-refractivity contribution < 1.29 is 17.9 Å². The van der Waals surface area contributed by atoms with Crippen molar-refractivity contribution in [2.24, 2.45) is 0 Å². The van der Waals surface area contributed by atoms with Crippen LogP contribution in [0.1, 0.15) is 29.6 Å². The number of fused-ring (bicyclic) bond motifs is 1. The summed E-state index contributed by atoms with van der Waals surface area (Å²) in [5.74, 6) is 0.276. The fourth-order valence-electron chi connectivity index (χ4n) is 3.78. The van der Waals surface area contributed by atoms with Crippen molar-refractivity contribution in [2.45, 2.75) is 24.2 Å². The van der Waals surface area contributed by atoms with Crippen LogP contribution in [0, 0.1) is 0 Å². The lowest BCUT2D eigenvalue weighted by Crippen LogP contribution is -2.35. The first-order chi connectivity index (χ1) is 15.4. The highest BCUT2D eigenvalue weighted by Crippen LogP contribution is 2.25. The van der Waals surface area contributed by atoms with Crippen LogP contribution in [0.5, 0.6) is 5.75 Å². The van der Waals surface area contributed by atoms with Gasteiger partial charge in [-0.2, -0.15) is 4.31 Å². The van der Waals surface area contributed by atoms with E-state index in [1.807, 2.05) is 42.5 Å². The first-order valence-corrected chi connectivity index (χ1v) is 12.5. The fraction of sp³-hybridized carbons (Fsp3) is 0.292. The molecule has 1 N–H and O–H groups in total. The minimum absolute atomic E-state index is 0.0846. The highest BCUT2D eigenvalue weighted by atomic mass is 35.5. The van der Waals surface area contributed by atoms with Crippen LogP contribution in [-0.4, -0.2) is 44.9 Å². The summed E-state index contributed by atoms with van der Waals surface area (Å²) in [6, 6.07) is 18.1. The Hall–Kier alpha value is -2.61. The first-order valence-electron chi connectivity index (χ1n) is 10.6. The minimum Gasteiger partial charge on any atom is -0.492 e. The molecular formula is C24H25ClN2O4S. The quantitative estimate of drug-likeness (QED) is 0.514. The monoisotopic (exact) mass is 472 g/mol. The molecule has 168 valence electrons. The lowest BCUT2D eigenvalue weighted by atomic mass is 10.1. The summed E-state index contributed by atoms with van der Waals surface area (Å²) in [7, 11) is -3.64. The van der Waals surface area contributed by atoms with Gasteiger partial charge in [-0.1, -0.05) is 48.4 Å². The Bertz CT molecular complexity index is 1220. The van der Waals surface area contributed by atoms with Crippen molar-refractivity contribution in [1.29, 1.82) is 0 Å². The number of benzene rings is 3. The Morgan fingerprint density at radius 1 is 0.969 bits per heavy atom. The van der Waals surface area contributed by atoms with Gasteiger partial charge in [0.2, 0.25) is 10.0 Å². The predicted molar refractivity (Wildman–Crippen MR) is 126 cm³/mol. The molecule has 4 rings (SSSR count). The number of sulfonamides is 1. The molecule has 0 radical (unpaired) electrons. The van der Waals surface area contributed by atoms with Crippen molar-refractivity contribution in [2.75, 3.05) is 26.2 Å². The number of hydrogen-bond acceptors (Lipinski definition) is 4. The van der Waals surface area contributed by atoms with Crippen LogP contribution in [0.15, 0.2) is 65.6 Å². The number of carbonyl (C=O) groups is 1. The summed E-state index contributed by atoms with van der Waals surface area (Å²) in [6.07, 6.45) is 2.72. The predicted octanol–water partition coefficient (Wildman–Crippen LogP) is 4.48. The van der Waals surface area contributed by atoms with Gasteiger partial charge in [0.1, 0.15) is 12.4 Å². The largest absolute Gasteiger partial charge is 0.492 e. The Labute approximate surface area is 193 Å². The van der Waals surface area contributed by atoms with Gasteiger partial charge < -0.3 is 10.1 Å². The third-order valence-electron chi connectivity index (χ3n) is 5.51. The molecule has 0 spiro atoms. The SMILES string of the molecule is O=C(NCCOc1ccc2ccccc2c1)c1cc(S(=O)(=O)N2CCCCC2)ccc1Cl. The maximum atomic E-state index is 12.9. The van der Waals surface area contributed by atoms with Gasteiger partial charge in [-0.3, -0.25) is 4.79 Å². The summed E-state index contributed by atoms with van der Waals surface area (Å²) >= 11 is 6.19. The number of halogens is 1. The average Bonchev–Trinajstić information content (AvgIpc) is 2.82. The van der Waals surface area contributed by atoms with E-state index in [1.165, 1.54) is 22.5 Å². The smallest absolute Gasteiger partial charge is 0.252 e. The Morgan fingerprint density at radius 3 is 2.50 bits per heavy atom. The number of piperidine rings is 1. The van der Waals surface area contributed by atoms with Crippen molar-refractivity contribution in [3.05, 3.63) is 71.2 Å². The fourth-order valence-corrected chi connectivity index (χ4v) is 5.53. The van der Waals surface area contributed by atoms with Gasteiger partial charge in [0.25, 0.3) is 5.91 Å².